The maximum absolute atomic E-state index is 12.4. The maximum atomic E-state index is 12.4. The van der Waals surface area contributed by atoms with E-state index in [4.69, 9.17) is 16.1 Å². The van der Waals surface area contributed by atoms with Crippen LogP contribution in [0.1, 0.15) is 30.7 Å². The predicted molar refractivity (Wildman–Crippen MR) is 100 cm³/mol. The zero-order valence-electron chi connectivity index (χ0n) is 14.4. The molecule has 1 fully saturated rings. The second-order valence-electron chi connectivity index (χ2n) is 6.39. The van der Waals surface area contributed by atoms with Crippen molar-refractivity contribution in [2.45, 2.75) is 25.7 Å². The first-order valence-corrected chi connectivity index (χ1v) is 9.00. The fourth-order valence-corrected chi connectivity index (χ4v) is 3.28. The van der Waals surface area contributed by atoms with Crippen LogP contribution < -0.4 is 4.90 Å². The number of carbonyl (C=O) groups excluding carboxylic acids is 1. The highest BCUT2D eigenvalue weighted by Gasteiger charge is 2.35. The molecule has 2 heterocycles. The van der Waals surface area contributed by atoms with Gasteiger partial charge in [0.05, 0.1) is 5.92 Å². The first-order valence-electron chi connectivity index (χ1n) is 8.63. The molecule has 1 aliphatic rings. The summed E-state index contributed by atoms with van der Waals surface area (Å²) >= 11 is 5.91. The standard InChI is InChI=1S/C20H18ClN3O2/c1-2-13-3-9-17(10-4-13)24-12-15(11-18(24)25)20-22-19(23-26-20)14-5-7-16(21)8-6-14/h3-10,15H,2,11-12H2,1H3. The third-order valence-corrected chi connectivity index (χ3v) is 4.93. The molecule has 1 aliphatic heterocycles. The van der Waals surface area contributed by atoms with Gasteiger partial charge in [-0.25, -0.2) is 0 Å². The Morgan fingerprint density at radius 3 is 2.58 bits per heavy atom. The molecule has 26 heavy (non-hydrogen) atoms. The second-order valence-corrected chi connectivity index (χ2v) is 6.82. The molecule has 5 nitrogen and oxygen atoms in total. The summed E-state index contributed by atoms with van der Waals surface area (Å²) in [6.07, 6.45) is 1.35. The minimum absolute atomic E-state index is 0.0745. The summed E-state index contributed by atoms with van der Waals surface area (Å²) in [7, 11) is 0. The number of nitrogens with zero attached hydrogens (tertiary/aromatic N) is 3. The number of aryl methyl sites for hydroxylation is 1. The van der Waals surface area contributed by atoms with Crippen LogP contribution in [0.2, 0.25) is 5.02 Å². The van der Waals surface area contributed by atoms with Crippen molar-refractivity contribution in [3.63, 3.8) is 0 Å². The first kappa shape index (κ1) is 16.8. The number of carbonyl (C=O) groups is 1. The Morgan fingerprint density at radius 1 is 1.15 bits per heavy atom. The normalized spacial score (nSPS) is 17.1. The van der Waals surface area contributed by atoms with Crippen molar-refractivity contribution in [3.05, 3.63) is 65.0 Å². The van der Waals surface area contributed by atoms with E-state index in [-0.39, 0.29) is 11.8 Å². The average molecular weight is 368 g/mol. The molecule has 4 rings (SSSR count). The lowest BCUT2D eigenvalue weighted by Crippen LogP contribution is -2.24. The maximum Gasteiger partial charge on any atom is 0.232 e. The molecule has 1 saturated heterocycles. The summed E-state index contributed by atoms with van der Waals surface area (Å²) in [5.41, 5.74) is 2.99. The van der Waals surface area contributed by atoms with Gasteiger partial charge in [-0.3, -0.25) is 4.79 Å². The molecular weight excluding hydrogens is 350 g/mol. The Labute approximate surface area is 156 Å². The molecule has 0 aliphatic carbocycles. The summed E-state index contributed by atoms with van der Waals surface area (Å²) in [6.45, 7) is 2.66. The molecule has 6 heteroatoms. The van der Waals surface area contributed by atoms with E-state index in [0.29, 0.717) is 29.7 Å². The van der Waals surface area contributed by atoms with Crippen LogP contribution in [0, 0.1) is 0 Å². The van der Waals surface area contributed by atoms with E-state index < -0.39 is 0 Å². The van der Waals surface area contributed by atoms with Crippen LogP contribution in [0.15, 0.2) is 53.1 Å². The molecule has 132 valence electrons. The Bertz CT molecular complexity index is 919. The average Bonchev–Trinajstić information content (AvgIpc) is 3.29. The molecule has 2 aromatic carbocycles. The van der Waals surface area contributed by atoms with Gasteiger partial charge in [-0.05, 0) is 48.4 Å². The Balaban J connectivity index is 1.52. The van der Waals surface area contributed by atoms with Crippen LogP contribution in [-0.4, -0.2) is 22.6 Å². The highest BCUT2D eigenvalue weighted by atomic mass is 35.5. The van der Waals surface area contributed by atoms with Crippen LogP contribution in [0.4, 0.5) is 5.69 Å². The fraction of sp³-hybridized carbons (Fsp3) is 0.250. The lowest BCUT2D eigenvalue weighted by Gasteiger charge is -2.16. The largest absolute Gasteiger partial charge is 0.339 e. The SMILES string of the molecule is CCc1ccc(N2CC(c3nc(-c4ccc(Cl)cc4)no3)CC2=O)cc1. The third-order valence-electron chi connectivity index (χ3n) is 4.67. The van der Waals surface area contributed by atoms with Gasteiger partial charge < -0.3 is 9.42 Å². The summed E-state index contributed by atoms with van der Waals surface area (Å²) in [5.74, 6) is 0.984. The van der Waals surface area contributed by atoms with Crippen LogP contribution in [0.5, 0.6) is 0 Å². The van der Waals surface area contributed by atoms with Gasteiger partial charge >= 0.3 is 0 Å². The number of benzene rings is 2. The van der Waals surface area contributed by atoms with E-state index in [1.165, 1.54) is 5.56 Å². The summed E-state index contributed by atoms with van der Waals surface area (Å²) in [6, 6.07) is 15.4. The molecule has 1 amide bonds. The van der Waals surface area contributed by atoms with Gasteiger partial charge in [0.25, 0.3) is 0 Å². The van der Waals surface area contributed by atoms with E-state index in [1.54, 1.807) is 17.0 Å². The van der Waals surface area contributed by atoms with Crippen molar-refractivity contribution < 1.29 is 9.32 Å². The van der Waals surface area contributed by atoms with E-state index in [9.17, 15) is 4.79 Å². The predicted octanol–water partition coefficient (Wildman–Crippen LogP) is 4.47. The third kappa shape index (κ3) is 3.22. The highest BCUT2D eigenvalue weighted by Crippen LogP contribution is 2.32. The van der Waals surface area contributed by atoms with Gasteiger partial charge in [-0.15, -0.1) is 0 Å². The molecule has 0 saturated carbocycles. The van der Waals surface area contributed by atoms with Gasteiger partial charge in [0, 0.05) is 29.2 Å². The van der Waals surface area contributed by atoms with Crippen molar-refractivity contribution in [1.29, 1.82) is 0 Å². The number of anilines is 1. The minimum atomic E-state index is -0.0955. The van der Waals surface area contributed by atoms with Crippen molar-refractivity contribution in [2.24, 2.45) is 0 Å². The van der Waals surface area contributed by atoms with Crippen molar-refractivity contribution in [3.8, 4) is 11.4 Å². The van der Waals surface area contributed by atoms with E-state index in [0.717, 1.165) is 17.7 Å². The van der Waals surface area contributed by atoms with E-state index in [1.807, 2.05) is 24.3 Å². The van der Waals surface area contributed by atoms with Gasteiger partial charge in [-0.1, -0.05) is 35.8 Å². The fourth-order valence-electron chi connectivity index (χ4n) is 3.15. The smallest absolute Gasteiger partial charge is 0.232 e. The van der Waals surface area contributed by atoms with E-state index >= 15 is 0 Å². The molecule has 1 aromatic heterocycles. The first-order chi connectivity index (χ1) is 12.6. The van der Waals surface area contributed by atoms with Crippen LogP contribution in [-0.2, 0) is 11.2 Å². The Kier molecular flexibility index (Phi) is 4.47. The Morgan fingerprint density at radius 2 is 1.88 bits per heavy atom. The molecule has 0 N–H and O–H groups in total. The lowest BCUT2D eigenvalue weighted by atomic mass is 10.1. The minimum Gasteiger partial charge on any atom is -0.339 e. The summed E-state index contributed by atoms with van der Waals surface area (Å²) in [5, 5.41) is 4.70. The summed E-state index contributed by atoms with van der Waals surface area (Å²) in [4.78, 5) is 18.7. The quantitative estimate of drug-likeness (QED) is 0.682. The Hall–Kier alpha value is -2.66. The molecule has 1 atom stereocenters. The number of halogens is 1. The van der Waals surface area contributed by atoms with Gasteiger partial charge in [0.2, 0.25) is 17.6 Å². The van der Waals surface area contributed by atoms with Crippen molar-refractivity contribution >= 4 is 23.2 Å². The van der Waals surface area contributed by atoms with Crippen LogP contribution >= 0.6 is 11.6 Å². The van der Waals surface area contributed by atoms with Crippen LogP contribution in [0.25, 0.3) is 11.4 Å². The molecular formula is C20H18ClN3O2. The number of aromatic nitrogens is 2. The number of amides is 1. The van der Waals surface area contributed by atoms with E-state index in [2.05, 4.69) is 29.2 Å². The zero-order valence-corrected chi connectivity index (χ0v) is 15.1. The van der Waals surface area contributed by atoms with Gasteiger partial charge in [0.15, 0.2) is 0 Å². The molecule has 0 bridgehead atoms. The molecule has 0 radical (unpaired) electrons. The second kappa shape index (κ2) is 6.92. The number of rotatable bonds is 4. The topological polar surface area (TPSA) is 59.2 Å². The van der Waals surface area contributed by atoms with Gasteiger partial charge in [0.1, 0.15) is 0 Å². The lowest BCUT2D eigenvalue weighted by molar-refractivity contribution is -0.117. The molecule has 3 aromatic rings. The molecule has 1 unspecified atom stereocenters. The van der Waals surface area contributed by atoms with Crippen LogP contribution in [0.3, 0.4) is 0 Å². The number of hydrogen-bond acceptors (Lipinski definition) is 4. The van der Waals surface area contributed by atoms with Crippen molar-refractivity contribution in [1.82, 2.24) is 10.1 Å². The zero-order chi connectivity index (χ0) is 18.1. The van der Waals surface area contributed by atoms with Crippen molar-refractivity contribution in [2.75, 3.05) is 11.4 Å². The number of hydrogen-bond donors (Lipinski definition) is 0. The summed E-state index contributed by atoms with van der Waals surface area (Å²) < 4.78 is 5.43. The monoisotopic (exact) mass is 367 g/mol. The molecule has 0 spiro atoms. The van der Waals surface area contributed by atoms with Gasteiger partial charge in [-0.2, -0.15) is 4.98 Å². The highest BCUT2D eigenvalue weighted by molar-refractivity contribution is 6.30.